The summed E-state index contributed by atoms with van der Waals surface area (Å²) in [5.74, 6) is -1.15. The van der Waals surface area contributed by atoms with Crippen LogP contribution in [0.25, 0.3) is 0 Å². The van der Waals surface area contributed by atoms with Crippen molar-refractivity contribution in [1.29, 1.82) is 0 Å². The van der Waals surface area contributed by atoms with Gasteiger partial charge in [0.1, 0.15) is 17.1 Å². The molecule has 35 heavy (non-hydrogen) atoms. The summed E-state index contributed by atoms with van der Waals surface area (Å²) < 4.78 is 20.3. The molecule has 0 unspecified atom stereocenters. The minimum Gasteiger partial charge on any atom is -0.442 e. The van der Waals surface area contributed by atoms with Crippen LogP contribution in [0.1, 0.15) is 31.9 Å². The Balaban J connectivity index is 1.81. The number of para-hydroxylation sites is 1. The van der Waals surface area contributed by atoms with Gasteiger partial charge in [0.25, 0.3) is 0 Å². The molecule has 0 aromatic heterocycles. The maximum Gasteiger partial charge on any atom is 0.431 e. The molecule has 0 saturated heterocycles. The van der Waals surface area contributed by atoms with Crippen LogP contribution in [0.5, 0.6) is 0 Å². The van der Waals surface area contributed by atoms with E-state index in [0.717, 1.165) is 15.6 Å². The van der Waals surface area contributed by atoms with Crippen LogP contribution in [-0.4, -0.2) is 34.0 Å². The molecule has 1 heterocycles. The maximum atomic E-state index is 14.8. The Kier molecular flexibility index (Phi) is 6.73. The van der Waals surface area contributed by atoms with Gasteiger partial charge in [0.2, 0.25) is 0 Å². The molecule has 178 valence electrons. The van der Waals surface area contributed by atoms with E-state index in [0.29, 0.717) is 5.69 Å². The van der Waals surface area contributed by atoms with E-state index in [4.69, 9.17) is 4.74 Å². The highest BCUT2D eigenvalue weighted by Gasteiger charge is 2.37. The Bertz CT molecular complexity index is 1280. The van der Waals surface area contributed by atoms with E-state index in [9.17, 15) is 14.0 Å². The van der Waals surface area contributed by atoms with Crippen LogP contribution in [0.3, 0.4) is 0 Å². The van der Waals surface area contributed by atoms with Gasteiger partial charge >= 0.3 is 12.0 Å². The van der Waals surface area contributed by atoms with E-state index in [1.54, 1.807) is 57.2 Å². The van der Waals surface area contributed by atoms with Crippen molar-refractivity contribution in [3.05, 3.63) is 102 Å². The predicted octanol–water partition coefficient (Wildman–Crippen LogP) is 5.37. The molecule has 0 N–H and O–H groups in total. The van der Waals surface area contributed by atoms with Crippen LogP contribution < -0.4 is 5.01 Å². The number of nitrogens with zero attached hydrogens (tertiary/aromatic N) is 4. The molecular formula is C27H25FN4O3. The van der Waals surface area contributed by atoms with Crippen LogP contribution >= 0.6 is 0 Å². The zero-order chi connectivity index (χ0) is 25.0. The first-order chi connectivity index (χ1) is 16.7. The SMILES string of the molecule is CC(C)(C)OC(=O)N(Cc1ccccc1)/N=C1\C(=O)N(c2ccccc2)N=C1c1ccccc1F. The van der Waals surface area contributed by atoms with E-state index in [-0.39, 0.29) is 23.5 Å². The minimum atomic E-state index is -0.787. The summed E-state index contributed by atoms with van der Waals surface area (Å²) in [7, 11) is 0. The van der Waals surface area contributed by atoms with Gasteiger partial charge in [0, 0.05) is 5.56 Å². The Morgan fingerprint density at radius 3 is 2.20 bits per heavy atom. The Morgan fingerprint density at radius 2 is 1.57 bits per heavy atom. The zero-order valence-electron chi connectivity index (χ0n) is 19.7. The molecule has 0 fully saturated rings. The van der Waals surface area contributed by atoms with Crippen molar-refractivity contribution in [2.45, 2.75) is 32.9 Å². The molecule has 7 nitrogen and oxygen atoms in total. The van der Waals surface area contributed by atoms with Crippen molar-refractivity contribution in [3.63, 3.8) is 0 Å². The lowest BCUT2D eigenvalue weighted by molar-refractivity contribution is -0.112. The Hall–Kier alpha value is -4.33. The average molecular weight is 473 g/mol. The van der Waals surface area contributed by atoms with Gasteiger partial charge in [-0.1, -0.05) is 60.7 Å². The standard InChI is InChI=1S/C27H25FN4O3/c1-27(2,3)35-26(34)31(18-19-12-6-4-7-13-19)29-24-23(21-16-10-11-17-22(21)28)30-32(25(24)33)20-14-8-5-9-15-20/h4-17H,18H2,1-3H3/b29-24-. The zero-order valence-corrected chi connectivity index (χ0v) is 19.7. The molecule has 0 bridgehead atoms. The number of hydrogen-bond donors (Lipinski definition) is 0. The fourth-order valence-electron chi connectivity index (χ4n) is 3.40. The third-order valence-electron chi connectivity index (χ3n) is 4.95. The lowest BCUT2D eigenvalue weighted by Gasteiger charge is -2.24. The molecule has 0 radical (unpaired) electrons. The number of hydrazone groups is 2. The fraction of sp³-hybridized carbons (Fsp3) is 0.185. The molecule has 4 rings (SSSR count). The molecule has 8 heteroatoms. The third-order valence-corrected chi connectivity index (χ3v) is 4.95. The molecule has 1 aliphatic rings. The summed E-state index contributed by atoms with van der Waals surface area (Å²) >= 11 is 0. The molecule has 0 atom stereocenters. The normalized spacial score (nSPS) is 14.7. The van der Waals surface area contributed by atoms with Crippen LogP contribution in [0, 0.1) is 5.82 Å². The van der Waals surface area contributed by atoms with Gasteiger partial charge in [-0.05, 0) is 50.6 Å². The summed E-state index contributed by atoms with van der Waals surface area (Å²) in [6, 6.07) is 23.9. The summed E-state index contributed by atoms with van der Waals surface area (Å²) in [4.78, 5) is 26.6. The quantitative estimate of drug-likeness (QED) is 0.469. The van der Waals surface area contributed by atoms with Gasteiger partial charge in [-0.15, -0.1) is 0 Å². The van der Waals surface area contributed by atoms with Crippen molar-refractivity contribution >= 4 is 29.1 Å². The molecule has 1 aliphatic heterocycles. The van der Waals surface area contributed by atoms with Crippen molar-refractivity contribution in [2.75, 3.05) is 5.01 Å². The molecular weight excluding hydrogens is 447 g/mol. The summed E-state index contributed by atoms with van der Waals surface area (Å²) in [6.45, 7) is 5.26. The van der Waals surface area contributed by atoms with E-state index >= 15 is 0 Å². The molecule has 0 saturated carbocycles. The number of anilines is 1. The highest BCUT2D eigenvalue weighted by atomic mass is 19.1. The van der Waals surface area contributed by atoms with E-state index in [1.165, 1.54) is 12.1 Å². The third kappa shape index (κ3) is 5.60. The monoisotopic (exact) mass is 472 g/mol. The van der Waals surface area contributed by atoms with E-state index in [2.05, 4.69) is 10.2 Å². The first-order valence-corrected chi connectivity index (χ1v) is 11.1. The van der Waals surface area contributed by atoms with Crippen LogP contribution in [0.4, 0.5) is 14.9 Å². The second-order valence-corrected chi connectivity index (χ2v) is 8.85. The van der Waals surface area contributed by atoms with Gasteiger partial charge in [-0.25, -0.2) is 9.18 Å². The van der Waals surface area contributed by atoms with Gasteiger partial charge in [0.05, 0.1) is 12.2 Å². The van der Waals surface area contributed by atoms with Crippen molar-refractivity contribution in [1.82, 2.24) is 5.01 Å². The smallest absolute Gasteiger partial charge is 0.431 e. The first kappa shape index (κ1) is 23.8. The van der Waals surface area contributed by atoms with Crippen molar-refractivity contribution in [3.8, 4) is 0 Å². The van der Waals surface area contributed by atoms with Gasteiger partial charge in [-0.3, -0.25) is 4.79 Å². The second-order valence-electron chi connectivity index (χ2n) is 8.85. The number of ether oxygens (including phenoxy) is 1. The highest BCUT2D eigenvalue weighted by Crippen LogP contribution is 2.24. The van der Waals surface area contributed by atoms with Crippen molar-refractivity contribution in [2.24, 2.45) is 10.2 Å². The number of carbonyl (C=O) groups is 2. The lowest BCUT2D eigenvalue weighted by Crippen LogP contribution is -2.36. The number of halogens is 1. The first-order valence-electron chi connectivity index (χ1n) is 11.1. The van der Waals surface area contributed by atoms with Gasteiger partial charge in [-0.2, -0.15) is 20.2 Å². The van der Waals surface area contributed by atoms with Gasteiger partial charge in [0.15, 0.2) is 5.71 Å². The van der Waals surface area contributed by atoms with Crippen LogP contribution in [-0.2, 0) is 16.1 Å². The highest BCUT2D eigenvalue weighted by molar-refractivity contribution is 6.74. The number of carbonyl (C=O) groups excluding carboxylic acids is 2. The van der Waals surface area contributed by atoms with E-state index in [1.807, 2.05) is 36.4 Å². The van der Waals surface area contributed by atoms with Crippen LogP contribution in [0.2, 0.25) is 0 Å². The van der Waals surface area contributed by atoms with E-state index < -0.39 is 23.4 Å². The summed E-state index contributed by atoms with van der Waals surface area (Å²) in [6.07, 6.45) is -0.743. The largest absolute Gasteiger partial charge is 0.442 e. The molecule has 0 spiro atoms. The topological polar surface area (TPSA) is 74.6 Å². The number of rotatable bonds is 5. The van der Waals surface area contributed by atoms with Crippen LogP contribution in [0.15, 0.2) is 95.1 Å². The molecule has 0 aliphatic carbocycles. The van der Waals surface area contributed by atoms with Gasteiger partial charge < -0.3 is 4.74 Å². The summed E-state index contributed by atoms with van der Waals surface area (Å²) in [5.41, 5.74) is 0.437. The Labute approximate surface area is 203 Å². The molecule has 3 aromatic carbocycles. The summed E-state index contributed by atoms with van der Waals surface area (Å²) in [5, 5.41) is 11.0. The second kappa shape index (κ2) is 9.89. The molecule has 2 amide bonds. The van der Waals surface area contributed by atoms with Crippen molar-refractivity contribution < 1.29 is 18.7 Å². The number of benzene rings is 3. The Morgan fingerprint density at radius 1 is 0.971 bits per heavy atom. The number of hydrogen-bond acceptors (Lipinski definition) is 5. The number of amides is 2. The average Bonchev–Trinajstić information content (AvgIpc) is 3.15. The minimum absolute atomic E-state index is 0.0265. The lowest BCUT2D eigenvalue weighted by atomic mass is 10.1. The predicted molar refractivity (Wildman–Crippen MR) is 133 cm³/mol. The maximum absolute atomic E-state index is 14.8. The molecule has 3 aromatic rings. The fourth-order valence-corrected chi connectivity index (χ4v) is 3.40.